The van der Waals surface area contributed by atoms with Gasteiger partial charge in [-0.1, -0.05) is 41.9 Å². The van der Waals surface area contributed by atoms with E-state index in [1.807, 2.05) is 36.4 Å². The third-order valence-electron chi connectivity index (χ3n) is 3.21. The lowest BCUT2D eigenvalue weighted by Gasteiger charge is -2.08. The Bertz CT molecular complexity index is 602. The lowest BCUT2D eigenvalue weighted by Crippen LogP contribution is -1.92. The number of fused-ring (bicyclic) bond motifs is 1. The van der Waals surface area contributed by atoms with Gasteiger partial charge in [-0.25, -0.2) is 0 Å². The first-order valence-corrected chi connectivity index (χ1v) is 6.04. The van der Waals surface area contributed by atoms with E-state index in [9.17, 15) is 4.79 Å². The second kappa shape index (κ2) is 4.01. The second-order valence-corrected chi connectivity index (χ2v) is 4.70. The van der Waals surface area contributed by atoms with E-state index in [0.29, 0.717) is 6.42 Å². The molecule has 1 aliphatic rings. The van der Waals surface area contributed by atoms with Crippen LogP contribution < -0.4 is 0 Å². The molecule has 2 aromatic carbocycles. The number of hydrogen-bond acceptors (Lipinski definition) is 1. The van der Waals surface area contributed by atoms with Crippen molar-refractivity contribution in [2.75, 3.05) is 0 Å². The standard InChI is InChI=1S/C15H11ClO/c16-11-4-1-3-10(9-11)12-5-2-6-14-13(12)7-8-15(14)17/h1-6,9H,7-8H2. The van der Waals surface area contributed by atoms with E-state index in [0.717, 1.165) is 28.1 Å². The van der Waals surface area contributed by atoms with E-state index in [-0.39, 0.29) is 5.78 Å². The highest BCUT2D eigenvalue weighted by atomic mass is 35.5. The molecule has 0 aromatic heterocycles. The van der Waals surface area contributed by atoms with Crippen LogP contribution in [0.25, 0.3) is 11.1 Å². The van der Waals surface area contributed by atoms with Crippen molar-refractivity contribution in [2.24, 2.45) is 0 Å². The average molecular weight is 243 g/mol. The Labute approximate surface area is 105 Å². The maximum atomic E-state index is 11.7. The second-order valence-electron chi connectivity index (χ2n) is 4.27. The van der Waals surface area contributed by atoms with Crippen LogP contribution in [0.5, 0.6) is 0 Å². The highest BCUT2D eigenvalue weighted by Gasteiger charge is 2.22. The van der Waals surface area contributed by atoms with Gasteiger partial charge in [0.05, 0.1) is 0 Å². The van der Waals surface area contributed by atoms with Crippen LogP contribution in [-0.4, -0.2) is 5.78 Å². The highest BCUT2D eigenvalue weighted by Crippen LogP contribution is 2.33. The van der Waals surface area contributed by atoms with Gasteiger partial charge in [0.15, 0.2) is 5.78 Å². The lowest BCUT2D eigenvalue weighted by molar-refractivity contribution is 0.0994. The molecule has 3 rings (SSSR count). The van der Waals surface area contributed by atoms with Crippen LogP contribution in [-0.2, 0) is 6.42 Å². The molecule has 0 spiro atoms. The fraction of sp³-hybridized carbons (Fsp3) is 0.133. The van der Waals surface area contributed by atoms with Crippen molar-refractivity contribution in [1.82, 2.24) is 0 Å². The van der Waals surface area contributed by atoms with E-state index in [2.05, 4.69) is 6.07 Å². The topological polar surface area (TPSA) is 17.1 Å². The normalized spacial score (nSPS) is 13.8. The van der Waals surface area contributed by atoms with Gasteiger partial charge >= 0.3 is 0 Å². The van der Waals surface area contributed by atoms with Crippen molar-refractivity contribution < 1.29 is 4.79 Å². The molecule has 1 nitrogen and oxygen atoms in total. The maximum Gasteiger partial charge on any atom is 0.163 e. The molecule has 0 heterocycles. The molecule has 2 aromatic rings. The van der Waals surface area contributed by atoms with Crippen molar-refractivity contribution in [3.63, 3.8) is 0 Å². The van der Waals surface area contributed by atoms with Crippen LogP contribution >= 0.6 is 11.6 Å². The molecule has 0 saturated heterocycles. The van der Waals surface area contributed by atoms with Crippen molar-refractivity contribution in [1.29, 1.82) is 0 Å². The van der Waals surface area contributed by atoms with E-state index >= 15 is 0 Å². The van der Waals surface area contributed by atoms with Crippen molar-refractivity contribution in [2.45, 2.75) is 12.8 Å². The summed E-state index contributed by atoms with van der Waals surface area (Å²) >= 11 is 6.01. The summed E-state index contributed by atoms with van der Waals surface area (Å²) in [6.07, 6.45) is 1.48. The molecular formula is C15H11ClO. The average Bonchev–Trinajstić information content (AvgIpc) is 2.71. The molecule has 1 aliphatic carbocycles. The molecule has 0 fully saturated rings. The molecule has 0 saturated carbocycles. The van der Waals surface area contributed by atoms with Crippen LogP contribution in [0.1, 0.15) is 22.3 Å². The zero-order valence-electron chi connectivity index (χ0n) is 9.24. The van der Waals surface area contributed by atoms with Gasteiger partial charge in [0.1, 0.15) is 0 Å². The van der Waals surface area contributed by atoms with Gasteiger partial charge in [-0.05, 0) is 35.2 Å². The smallest absolute Gasteiger partial charge is 0.163 e. The van der Waals surface area contributed by atoms with Crippen LogP contribution in [0.4, 0.5) is 0 Å². The molecule has 0 N–H and O–H groups in total. The zero-order chi connectivity index (χ0) is 11.8. The van der Waals surface area contributed by atoms with E-state index in [1.54, 1.807) is 0 Å². The van der Waals surface area contributed by atoms with E-state index in [1.165, 1.54) is 5.56 Å². The van der Waals surface area contributed by atoms with Gasteiger partial charge in [-0.2, -0.15) is 0 Å². The summed E-state index contributed by atoms with van der Waals surface area (Å²) in [5.74, 6) is 0.254. The Hall–Kier alpha value is -1.60. The summed E-state index contributed by atoms with van der Waals surface area (Å²) in [5.41, 5.74) is 4.27. The number of benzene rings is 2. The molecule has 0 aliphatic heterocycles. The number of halogens is 1. The summed E-state index contributed by atoms with van der Waals surface area (Å²) in [6.45, 7) is 0. The molecule has 0 atom stereocenters. The number of hydrogen-bond donors (Lipinski definition) is 0. The molecule has 84 valence electrons. The number of carbonyl (C=O) groups is 1. The summed E-state index contributed by atoms with van der Waals surface area (Å²) in [5, 5.41) is 0.726. The number of rotatable bonds is 1. The summed E-state index contributed by atoms with van der Waals surface area (Å²) in [6, 6.07) is 13.7. The molecule has 0 unspecified atom stereocenters. The maximum absolute atomic E-state index is 11.7. The lowest BCUT2D eigenvalue weighted by atomic mass is 9.97. The largest absolute Gasteiger partial charge is 0.294 e. The Balaban J connectivity index is 2.20. The SMILES string of the molecule is O=C1CCc2c1cccc2-c1cccc(Cl)c1. The number of Topliss-reactive ketones (excluding diaryl/α,β-unsaturated/α-hetero) is 1. The van der Waals surface area contributed by atoms with E-state index < -0.39 is 0 Å². The fourth-order valence-electron chi connectivity index (χ4n) is 2.42. The highest BCUT2D eigenvalue weighted by molar-refractivity contribution is 6.30. The minimum Gasteiger partial charge on any atom is -0.294 e. The number of carbonyl (C=O) groups excluding carboxylic acids is 1. The van der Waals surface area contributed by atoms with Crippen LogP contribution in [0.15, 0.2) is 42.5 Å². The number of ketones is 1. The predicted octanol–water partition coefficient (Wildman–Crippen LogP) is 4.14. The van der Waals surface area contributed by atoms with E-state index in [4.69, 9.17) is 11.6 Å². The van der Waals surface area contributed by atoms with Crippen LogP contribution in [0.2, 0.25) is 5.02 Å². The van der Waals surface area contributed by atoms with Gasteiger partial charge in [0.25, 0.3) is 0 Å². The van der Waals surface area contributed by atoms with Crippen molar-refractivity contribution >= 4 is 17.4 Å². The van der Waals surface area contributed by atoms with Crippen molar-refractivity contribution in [3.05, 3.63) is 58.6 Å². The van der Waals surface area contributed by atoms with Gasteiger partial charge < -0.3 is 0 Å². The van der Waals surface area contributed by atoms with Gasteiger partial charge in [0, 0.05) is 17.0 Å². The predicted molar refractivity (Wildman–Crippen MR) is 69.5 cm³/mol. The first kappa shape index (κ1) is 10.5. The zero-order valence-corrected chi connectivity index (χ0v) is 10.00. The summed E-state index contributed by atoms with van der Waals surface area (Å²) < 4.78 is 0. The Morgan fingerprint density at radius 2 is 1.71 bits per heavy atom. The van der Waals surface area contributed by atoms with Crippen LogP contribution in [0.3, 0.4) is 0 Å². The molecule has 0 radical (unpaired) electrons. The first-order valence-electron chi connectivity index (χ1n) is 5.67. The Morgan fingerprint density at radius 3 is 2.53 bits per heavy atom. The minimum absolute atomic E-state index is 0.254. The molecule has 0 amide bonds. The summed E-state index contributed by atoms with van der Waals surface area (Å²) in [4.78, 5) is 11.7. The van der Waals surface area contributed by atoms with Gasteiger partial charge in [-0.3, -0.25) is 4.79 Å². The summed E-state index contributed by atoms with van der Waals surface area (Å²) in [7, 11) is 0. The van der Waals surface area contributed by atoms with Gasteiger partial charge in [0.2, 0.25) is 0 Å². The quantitative estimate of drug-likeness (QED) is 0.735. The molecule has 17 heavy (non-hydrogen) atoms. The third-order valence-corrected chi connectivity index (χ3v) is 3.45. The molecule has 0 bridgehead atoms. The Morgan fingerprint density at radius 1 is 0.941 bits per heavy atom. The van der Waals surface area contributed by atoms with Crippen LogP contribution in [0, 0.1) is 0 Å². The fourth-order valence-corrected chi connectivity index (χ4v) is 2.61. The third kappa shape index (κ3) is 1.77. The molecule has 2 heteroatoms. The van der Waals surface area contributed by atoms with Crippen molar-refractivity contribution in [3.8, 4) is 11.1 Å². The minimum atomic E-state index is 0.254. The first-order chi connectivity index (χ1) is 8.25. The molecular weight excluding hydrogens is 232 g/mol. The van der Waals surface area contributed by atoms with Gasteiger partial charge in [-0.15, -0.1) is 0 Å². The monoisotopic (exact) mass is 242 g/mol. The Kier molecular flexibility index (Phi) is 2.49.